The molecule has 1 amide bonds. The van der Waals surface area contributed by atoms with Crippen molar-refractivity contribution in [3.8, 4) is 0 Å². The maximum atomic E-state index is 12.7. The maximum Gasteiger partial charge on any atom is 0.254 e. The summed E-state index contributed by atoms with van der Waals surface area (Å²) in [6.07, 6.45) is 6.44. The summed E-state index contributed by atoms with van der Waals surface area (Å²) >= 11 is 0. The number of anilines is 1. The number of nitrogens with zero attached hydrogens (tertiary/aromatic N) is 2. The Bertz CT molecular complexity index is 778. The number of aromatic nitrogens is 2. The molecule has 1 aliphatic carbocycles. The molecular weight excluding hydrogens is 308 g/mol. The van der Waals surface area contributed by atoms with Gasteiger partial charge in [-0.3, -0.25) is 14.6 Å². The fourth-order valence-electron chi connectivity index (χ4n) is 3.05. The Morgan fingerprint density at radius 3 is 2.92 bits per heavy atom. The van der Waals surface area contributed by atoms with Crippen LogP contribution in [0.2, 0.25) is 0 Å². The van der Waals surface area contributed by atoms with E-state index in [9.17, 15) is 9.59 Å². The van der Waals surface area contributed by atoms with Crippen LogP contribution in [0.15, 0.2) is 24.7 Å². The molecule has 0 aliphatic heterocycles. The van der Waals surface area contributed by atoms with Gasteiger partial charge in [-0.05, 0) is 12.5 Å². The molecule has 24 heavy (non-hydrogen) atoms. The monoisotopic (exact) mass is 328 g/mol. The highest BCUT2D eigenvalue weighted by atomic mass is 16.5. The molecule has 1 saturated carbocycles. The molecule has 2 N–H and O–H groups in total. The van der Waals surface area contributed by atoms with E-state index in [0.717, 1.165) is 10.8 Å². The quantitative estimate of drug-likeness (QED) is 0.884. The lowest BCUT2D eigenvalue weighted by molar-refractivity contribution is -0.124. The number of amides is 1. The largest absolute Gasteiger partial charge is 0.381 e. The number of nitrogens with one attached hydrogen (secondary N) is 2. The number of methoxy groups -OCH3 is 1. The third-order valence-corrected chi connectivity index (χ3v) is 4.41. The molecular formula is C17H20N4O3. The molecule has 1 aliphatic rings. The predicted octanol–water partition coefficient (Wildman–Crippen LogP) is 1.54. The number of Topliss-reactive ketones (excluding diaryl/α,β-unsaturated/α-hetero) is 1. The van der Waals surface area contributed by atoms with Crippen molar-refractivity contribution in [1.82, 2.24) is 15.3 Å². The number of pyridine rings is 2. The minimum absolute atomic E-state index is 0.00117. The molecule has 2 heterocycles. The summed E-state index contributed by atoms with van der Waals surface area (Å²) < 4.78 is 5.33. The predicted molar refractivity (Wildman–Crippen MR) is 90.0 cm³/mol. The normalized spacial score (nSPS) is 20.8. The summed E-state index contributed by atoms with van der Waals surface area (Å²) in [5.41, 5.74) is 0.429. The lowest BCUT2D eigenvalue weighted by atomic mass is 9.91. The summed E-state index contributed by atoms with van der Waals surface area (Å²) in [5, 5.41) is 7.32. The highest BCUT2D eigenvalue weighted by Gasteiger charge is 2.30. The molecule has 0 aromatic carbocycles. The van der Waals surface area contributed by atoms with Gasteiger partial charge in [-0.15, -0.1) is 0 Å². The molecule has 2 atom stereocenters. The second-order valence-electron chi connectivity index (χ2n) is 5.82. The average molecular weight is 328 g/mol. The molecule has 3 rings (SSSR count). The molecule has 0 bridgehead atoms. The van der Waals surface area contributed by atoms with E-state index in [2.05, 4.69) is 20.6 Å². The molecule has 2 aromatic heterocycles. The molecule has 126 valence electrons. The van der Waals surface area contributed by atoms with Crippen molar-refractivity contribution in [3.63, 3.8) is 0 Å². The van der Waals surface area contributed by atoms with E-state index in [1.54, 1.807) is 32.6 Å². The third-order valence-electron chi connectivity index (χ3n) is 4.41. The molecule has 0 saturated heterocycles. The Hall–Kier alpha value is -2.54. The second-order valence-corrected chi connectivity index (χ2v) is 5.82. The van der Waals surface area contributed by atoms with Crippen LogP contribution in [-0.2, 0) is 9.53 Å². The molecule has 2 unspecified atom stereocenters. The van der Waals surface area contributed by atoms with Gasteiger partial charge in [-0.1, -0.05) is 0 Å². The molecule has 0 radical (unpaired) electrons. The van der Waals surface area contributed by atoms with Crippen LogP contribution in [-0.4, -0.2) is 48.0 Å². The maximum absolute atomic E-state index is 12.7. The highest BCUT2D eigenvalue weighted by molar-refractivity contribution is 6.10. The van der Waals surface area contributed by atoms with Gasteiger partial charge in [0.25, 0.3) is 5.91 Å². The van der Waals surface area contributed by atoms with Crippen molar-refractivity contribution in [2.75, 3.05) is 19.5 Å². The van der Waals surface area contributed by atoms with E-state index < -0.39 is 6.04 Å². The summed E-state index contributed by atoms with van der Waals surface area (Å²) in [5.74, 6) is 0.390. The summed E-state index contributed by atoms with van der Waals surface area (Å²) in [6.45, 7) is 0. The number of ether oxygens (including phenoxy) is 1. The third kappa shape index (κ3) is 3.07. The van der Waals surface area contributed by atoms with Gasteiger partial charge in [0.05, 0.1) is 17.7 Å². The first-order valence-electron chi connectivity index (χ1n) is 7.91. The van der Waals surface area contributed by atoms with Crippen LogP contribution >= 0.6 is 0 Å². The average Bonchev–Trinajstić information content (AvgIpc) is 2.62. The van der Waals surface area contributed by atoms with Gasteiger partial charge in [0, 0.05) is 56.4 Å². The number of hydrogen-bond donors (Lipinski definition) is 2. The van der Waals surface area contributed by atoms with E-state index in [1.165, 1.54) is 6.20 Å². The fraction of sp³-hybridized carbons (Fsp3) is 0.412. The zero-order chi connectivity index (χ0) is 17.1. The lowest BCUT2D eigenvalue weighted by Gasteiger charge is -2.27. The van der Waals surface area contributed by atoms with Crippen LogP contribution in [0.3, 0.4) is 0 Å². The first-order chi connectivity index (χ1) is 11.6. The van der Waals surface area contributed by atoms with Crippen LogP contribution in [0, 0.1) is 0 Å². The fourth-order valence-corrected chi connectivity index (χ4v) is 3.05. The number of carbonyl (C=O) groups excluding carboxylic acids is 2. The van der Waals surface area contributed by atoms with Crippen LogP contribution < -0.4 is 10.6 Å². The molecule has 1 fully saturated rings. The van der Waals surface area contributed by atoms with Crippen LogP contribution in [0.5, 0.6) is 0 Å². The number of rotatable bonds is 4. The van der Waals surface area contributed by atoms with E-state index in [-0.39, 0.29) is 17.8 Å². The molecule has 7 nitrogen and oxygen atoms in total. The van der Waals surface area contributed by atoms with Crippen LogP contribution in [0.4, 0.5) is 5.82 Å². The molecule has 7 heteroatoms. The van der Waals surface area contributed by atoms with Crippen molar-refractivity contribution in [1.29, 1.82) is 0 Å². The van der Waals surface area contributed by atoms with Crippen molar-refractivity contribution < 1.29 is 14.3 Å². The Labute approximate surface area is 139 Å². The Morgan fingerprint density at radius 2 is 2.17 bits per heavy atom. The van der Waals surface area contributed by atoms with E-state index in [4.69, 9.17) is 4.74 Å². The van der Waals surface area contributed by atoms with Gasteiger partial charge < -0.3 is 15.4 Å². The topological polar surface area (TPSA) is 93.2 Å². The Kier molecular flexibility index (Phi) is 4.71. The van der Waals surface area contributed by atoms with Gasteiger partial charge >= 0.3 is 0 Å². The first-order valence-corrected chi connectivity index (χ1v) is 7.91. The van der Waals surface area contributed by atoms with Gasteiger partial charge in [-0.2, -0.15) is 0 Å². The summed E-state index contributed by atoms with van der Waals surface area (Å²) in [4.78, 5) is 33.1. The van der Waals surface area contributed by atoms with Crippen LogP contribution in [0.1, 0.15) is 29.6 Å². The van der Waals surface area contributed by atoms with Crippen molar-refractivity contribution in [2.45, 2.75) is 31.4 Å². The van der Waals surface area contributed by atoms with E-state index in [1.807, 2.05) is 0 Å². The summed E-state index contributed by atoms with van der Waals surface area (Å²) in [6, 6.07) is 1.25. The number of ketones is 1. The van der Waals surface area contributed by atoms with Gasteiger partial charge in [-0.25, -0.2) is 4.98 Å². The van der Waals surface area contributed by atoms with Crippen molar-refractivity contribution >= 4 is 28.3 Å². The molecule has 0 spiro atoms. The highest BCUT2D eigenvalue weighted by Crippen LogP contribution is 2.24. The van der Waals surface area contributed by atoms with Crippen LogP contribution in [0.25, 0.3) is 10.8 Å². The zero-order valence-electron chi connectivity index (χ0n) is 13.7. The van der Waals surface area contributed by atoms with Crippen molar-refractivity contribution in [3.05, 3.63) is 30.2 Å². The minimum atomic E-state index is -0.517. The second kappa shape index (κ2) is 6.92. The van der Waals surface area contributed by atoms with Gasteiger partial charge in [0.1, 0.15) is 5.82 Å². The smallest absolute Gasteiger partial charge is 0.254 e. The zero-order valence-corrected chi connectivity index (χ0v) is 13.7. The van der Waals surface area contributed by atoms with Gasteiger partial charge in [0.2, 0.25) is 0 Å². The standard InChI is InChI=1S/C17H20N4O3/c1-18-16-12-8-19-6-5-11(12)13(9-20-16)17(23)21-14-7-10(24-2)3-4-15(14)22/h5-6,8-10,14H,3-4,7H2,1-2H3,(H,18,20)(H,21,23). The van der Waals surface area contributed by atoms with E-state index >= 15 is 0 Å². The lowest BCUT2D eigenvalue weighted by Crippen LogP contribution is -2.46. The molecule has 2 aromatic rings. The van der Waals surface area contributed by atoms with Gasteiger partial charge in [0.15, 0.2) is 5.78 Å². The van der Waals surface area contributed by atoms with E-state index in [0.29, 0.717) is 30.6 Å². The number of hydrogen-bond acceptors (Lipinski definition) is 6. The Balaban J connectivity index is 1.88. The number of carbonyl (C=O) groups is 2. The summed E-state index contributed by atoms with van der Waals surface area (Å²) in [7, 11) is 3.39. The SMILES string of the molecule is CNc1ncc(C(=O)NC2CC(OC)CCC2=O)c2ccncc12. The first kappa shape index (κ1) is 16.3. The Morgan fingerprint density at radius 1 is 1.33 bits per heavy atom. The number of fused-ring (bicyclic) bond motifs is 1. The van der Waals surface area contributed by atoms with Crippen molar-refractivity contribution in [2.24, 2.45) is 0 Å². The minimum Gasteiger partial charge on any atom is -0.381 e.